The zero-order chi connectivity index (χ0) is 15.5. The van der Waals surface area contributed by atoms with E-state index in [2.05, 4.69) is 0 Å². The summed E-state index contributed by atoms with van der Waals surface area (Å²) in [6.07, 6.45) is 0. The Kier molecular flexibility index (Phi) is 4.53. The van der Waals surface area contributed by atoms with Crippen molar-refractivity contribution in [3.8, 4) is 5.75 Å². The minimum Gasteiger partial charge on any atom is -0.487 e. The van der Waals surface area contributed by atoms with Crippen molar-refractivity contribution in [1.29, 1.82) is 0 Å². The molecule has 0 aliphatic carbocycles. The monoisotopic (exact) mass is 295 g/mol. The van der Waals surface area contributed by atoms with E-state index in [1.54, 1.807) is 13.0 Å². The van der Waals surface area contributed by atoms with Crippen LogP contribution in [0.3, 0.4) is 0 Å². The van der Waals surface area contributed by atoms with E-state index in [-0.39, 0.29) is 11.3 Å². The molecule has 0 heterocycles. The van der Waals surface area contributed by atoms with Crippen LogP contribution in [0.1, 0.15) is 24.1 Å². The first kappa shape index (κ1) is 15.4. The number of nitrogens with two attached hydrogens (primary N) is 1. The predicted molar refractivity (Wildman–Crippen MR) is 74.8 cm³/mol. The minimum atomic E-state index is -3.14. The topological polar surface area (TPSA) is 35.2 Å². The zero-order valence-corrected chi connectivity index (χ0v) is 11.5. The lowest BCUT2D eigenvalue weighted by Crippen LogP contribution is -2.23. The molecule has 2 nitrogen and oxygen atoms in total. The van der Waals surface area contributed by atoms with Crippen LogP contribution in [0, 0.1) is 5.82 Å². The molecular weight excluding hydrogens is 279 g/mol. The van der Waals surface area contributed by atoms with Gasteiger partial charge in [0.1, 0.15) is 11.6 Å². The van der Waals surface area contributed by atoms with Crippen LogP contribution in [0.4, 0.5) is 13.2 Å². The van der Waals surface area contributed by atoms with Gasteiger partial charge in [0, 0.05) is 23.2 Å². The molecule has 0 radical (unpaired) electrons. The Labute approximate surface area is 121 Å². The molecule has 0 aromatic heterocycles. The van der Waals surface area contributed by atoms with Gasteiger partial charge in [-0.2, -0.15) is 8.78 Å². The van der Waals surface area contributed by atoms with Gasteiger partial charge in [-0.05, 0) is 13.0 Å². The lowest BCUT2D eigenvalue weighted by Gasteiger charge is -2.18. The number of benzene rings is 2. The molecule has 0 aliphatic rings. The summed E-state index contributed by atoms with van der Waals surface area (Å²) >= 11 is 0. The van der Waals surface area contributed by atoms with Crippen LogP contribution < -0.4 is 10.5 Å². The van der Waals surface area contributed by atoms with Crippen molar-refractivity contribution in [2.75, 3.05) is 6.61 Å². The molecule has 5 heteroatoms. The first-order valence-corrected chi connectivity index (χ1v) is 6.51. The smallest absolute Gasteiger partial charge is 0.306 e. The van der Waals surface area contributed by atoms with Gasteiger partial charge in [-0.15, -0.1) is 0 Å². The largest absolute Gasteiger partial charge is 0.487 e. The molecule has 0 bridgehead atoms. The van der Waals surface area contributed by atoms with Crippen LogP contribution in [-0.2, 0) is 5.92 Å². The second-order valence-electron chi connectivity index (χ2n) is 4.83. The second kappa shape index (κ2) is 6.18. The van der Waals surface area contributed by atoms with Gasteiger partial charge in [-0.1, -0.05) is 36.4 Å². The molecule has 0 spiro atoms. The minimum absolute atomic E-state index is 0.0486. The van der Waals surface area contributed by atoms with Crippen LogP contribution >= 0.6 is 0 Å². The summed E-state index contributed by atoms with van der Waals surface area (Å²) in [5.74, 6) is -3.66. The van der Waals surface area contributed by atoms with Gasteiger partial charge in [0.15, 0.2) is 6.61 Å². The molecular formula is C16H16F3NO. The van der Waals surface area contributed by atoms with Crippen LogP contribution in [0.15, 0.2) is 48.5 Å². The molecule has 2 N–H and O–H groups in total. The van der Waals surface area contributed by atoms with Crippen molar-refractivity contribution in [2.24, 2.45) is 5.73 Å². The maximum atomic E-state index is 13.9. The average molecular weight is 295 g/mol. The quantitative estimate of drug-likeness (QED) is 0.904. The van der Waals surface area contributed by atoms with E-state index in [1.165, 1.54) is 36.4 Å². The fourth-order valence-electron chi connectivity index (χ4n) is 1.91. The molecule has 2 aromatic carbocycles. The van der Waals surface area contributed by atoms with Gasteiger partial charge in [0.2, 0.25) is 0 Å². The molecule has 2 aromatic rings. The molecule has 0 saturated heterocycles. The lowest BCUT2D eigenvalue weighted by molar-refractivity contribution is -0.0468. The SMILES string of the molecule is C[C@@H](N)c1ccc(OCC(F)(F)c2ccccc2)cc1F. The van der Waals surface area contributed by atoms with Gasteiger partial charge < -0.3 is 10.5 Å². The van der Waals surface area contributed by atoms with E-state index < -0.39 is 24.4 Å². The Hall–Kier alpha value is -2.01. The Morgan fingerprint density at radius 3 is 2.38 bits per heavy atom. The summed E-state index contributed by atoms with van der Waals surface area (Å²) in [7, 11) is 0. The van der Waals surface area contributed by atoms with Crippen LogP contribution in [0.2, 0.25) is 0 Å². The van der Waals surface area contributed by atoms with Crippen molar-refractivity contribution >= 4 is 0 Å². The number of halogens is 3. The Morgan fingerprint density at radius 1 is 1.14 bits per heavy atom. The van der Waals surface area contributed by atoms with E-state index in [4.69, 9.17) is 10.5 Å². The van der Waals surface area contributed by atoms with Gasteiger partial charge in [0.25, 0.3) is 0 Å². The molecule has 112 valence electrons. The molecule has 0 aliphatic heterocycles. The second-order valence-corrected chi connectivity index (χ2v) is 4.83. The summed E-state index contributed by atoms with van der Waals surface area (Å²) in [4.78, 5) is 0. The van der Waals surface area contributed by atoms with Crippen molar-refractivity contribution in [1.82, 2.24) is 0 Å². The fraction of sp³-hybridized carbons (Fsp3) is 0.250. The number of rotatable bonds is 5. The third-order valence-electron chi connectivity index (χ3n) is 3.08. The normalized spacial score (nSPS) is 13.0. The maximum Gasteiger partial charge on any atom is 0.306 e. The molecule has 21 heavy (non-hydrogen) atoms. The lowest BCUT2D eigenvalue weighted by atomic mass is 10.1. The van der Waals surface area contributed by atoms with Gasteiger partial charge in [-0.3, -0.25) is 0 Å². The molecule has 2 rings (SSSR count). The highest BCUT2D eigenvalue weighted by atomic mass is 19.3. The van der Waals surface area contributed by atoms with E-state index in [9.17, 15) is 13.2 Å². The third-order valence-corrected chi connectivity index (χ3v) is 3.08. The Morgan fingerprint density at radius 2 is 1.81 bits per heavy atom. The molecule has 1 atom stereocenters. The maximum absolute atomic E-state index is 13.9. The first-order chi connectivity index (χ1) is 9.90. The summed E-state index contributed by atoms with van der Waals surface area (Å²) in [5, 5.41) is 0. The van der Waals surface area contributed by atoms with E-state index >= 15 is 0 Å². The van der Waals surface area contributed by atoms with Crippen molar-refractivity contribution in [3.05, 3.63) is 65.5 Å². The summed E-state index contributed by atoms with van der Waals surface area (Å²) < 4.78 is 46.5. The van der Waals surface area contributed by atoms with Crippen molar-refractivity contribution in [2.45, 2.75) is 18.9 Å². The highest BCUT2D eigenvalue weighted by Crippen LogP contribution is 2.29. The number of hydrogen-bond donors (Lipinski definition) is 1. The zero-order valence-electron chi connectivity index (χ0n) is 11.5. The van der Waals surface area contributed by atoms with Crippen LogP contribution in [-0.4, -0.2) is 6.61 Å². The van der Waals surface area contributed by atoms with E-state index in [0.717, 1.165) is 6.07 Å². The van der Waals surface area contributed by atoms with Crippen LogP contribution in [0.5, 0.6) is 5.75 Å². The molecule has 0 amide bonds. The van der Waals surface area contributed by atoms with E-state index in [1.807, 2.05) is 0 Å². The number of ether oxygens (including phenoxy) is 1. The van der Waals surface area contributed by atoms with Crippen LogP contribution in [0.25, 0.3) is 0 Å². The van der Waals surface area contributed by atoms with Gasteiger partial charge >= 0.3 is 5.92 Å². The van der Waals surface area contributed by atoms with Gasteiger partial charge in [0.05, 0.1) is 0 Å². The first-order valence-electron chi connectivity index (χ1n) is 6.51. The summed E-state index contributed by atoms with van der Waals surface area (Å²) in [6.45, 7) is 0.788. The third kappa shape index (κ3) is 3.76. The standard InChI is InChI=1S/C16H16F3NO/c1-11(20)14-8-7-13(9-15(14)17)21-10-16(18,19)12-5-3-2-4-6-12/h2-9,11H,10,20H2,1H3/t11-/m1/s1. The molecule has 0 fully saturated rings. The van der Waals surface area contributed by atoms with Gasteiger partial charge in [-0.25, -0.2) is 4.39 Å². The van der Waals surface area contributed by atoms with E-state index in [0.29, 0.717) is 5.56 Å². The highest BCUT2D eigenvalue weighted by Gasteiger charge is 2.32. The van der Waals surface area contributed by atoms with Crippen molar-refractivity contribution in [3.63, 3.8) is 0 Å². The molecule has 0 saturated carbocycles. The van der Waals surface area contributed by atoms with Crippen molar-refractivity contribution < 1.29 is 17.9 Å². The summed E-state index contributed by atoms with van der Waals surface area (Å²) in [5.41, 5.74) is 5.76. The Balaban J connectivity index is 2.08. The fourth-order valence-corrected chi connectivity index (χ4v) is 1.91. The molecule has 0 unspecified atom stereocenters. The number of hydrogen-bond acceptors (Lipinski definition) is 2. The highest BCUT2D eigenvalue weighted by molar-refractivity contribution is 5.31. The average Bonchev–Trinajstić information content (AvgIpc) is 2.46. The number of alkyl halides is 2. The summed E-state index contributed by atoms with van der Waals surface area (Å²) in [6, 6.07) is 10.8. The Bertz CT molecular complexity index is 600. The predicted octanol–water partition coefficient (Wildman–Crippen LogP) is 4.02.